The normalized spacial score (nSPS) is 46.3. The van der Waals surface area contributed by atoms with Gasteiger partial charge in [-0.2, -0.15) is 0 Å². The first kappa shape index (κ1) is 12.7. The van der Waals surface area contributed by atoms with Crippen LogP contribution in [0, 0.1) is 29.6 Å². The minimum atomic E-state index is -0.881. The summed E-state index contributed by atoms with van der Waals surface area (Å²) in [6, 6.07) is 0. The van der Waals surface area contributed by atoms with Crippen LogP contribution in [0.5, 0.6) is 0 Å². The van der Waals surface area contributed by atoms with Crippen molar-refractivity contribution in [2.45, 2.75) is 32.0 Å². The van der Waals surface area contributed by atoms with Crippen molar-refractivity contribution in [1.29, 1.82) is 0 Å². The Morgan fingerprint density at radius 1 is 1.21 bits per heavy atom. The van der Waals surface area contributed by atoms with Gasteiger partial charge < -0.3 is 14.9 Å². The van der Waals surface area contributed by atoms with E-state index in [4.69, 9.17) is 4.74 Å². The molecule has 3 rings (SSSR count). The summed E-state index contributed by atoms with van der Waals surface area (Å²) in [6.45, 7) is 5.13. The Balaban J connectivity index is 1.86. The molecule has 0 spiro atoms. The van der Waals surface area contributed by atoms with Crippen molar-refractivity contribution >= 4 is 11.9 Å². The molecule has 0 heterocycles. The lowest BCUT2D eigenvalue weighted by Gasteiger charge is -2.32. The van der Waals surface area contributed by atoms with E-state index in [1.165, 1.54) is 0 Å². The van der Waals surface area contributed by atoms with Gasteiger partial charge in [0, 0.05) is 23.3 Å². The van der Waals surface area contributed by atoms with Gasteiger partial charge in [0.15, 0.2) is 0 Å². The molecule has 0 radical (unpaired) electrons. The van der Waals surface area contributed by atoms with Crippen LogP contribution in [-0.2, 0) is 14.3 Å². The molecule has 5 nitrogen and oxygen atoms in total. The zero-order chi connectivity index (χ0) is 13.9. The first-order valence-electron chi connectivity index (χ1n) is 6.69. The molecule has 7 unspecified atom stereocenters. The first-order chi connectivity index (χ1) is 8.91. The van der Waals surface area contributed by atoms with Gasteiger partial charge in [0.1, 0.15) is 6.10 Å². The van der Waals surface area contributed by atoms with Crippen LogP contribution in [0.1, 0.15) is 19.8 Å². The van der Waals surface area contributed by atoms with Crippen molar-refractivity contribution in [2.24, 2.45) is 29.6 Å². The molecule has 104 valence electrons. The van der Waals surface area contributed by atoms with Gasteiger partial charge in [-0.3, -0.25) is 4.79 Å². The lowest BCUT2D eigenvalue weighted by molar-refractivity contribution is -0.159. The van der Waals surface area contributed by atoms with Crippen LogP contribution in [0.25, 0.3) is 0 Å². The molecule has 3 aliphatic carbocycles. The maximum absolute atomic E-state index is 11.7. The summed E-state index contributed by atoms with van der Waals surface area (Å²) < 4.78 is 5.45. The van der Waals surface area contributed by atoms with Gasteiger partial charge in [-0.25, -0.2) is 4.79 Å². The fraction of sp³-hybridized carbons (Fsp3) is 0.714. The second kappa shape index (κ2) is 4.07. The van der Waals surface area contributed by atoms with Gasteiger partial charge in [-0.05, 0) is 25.7 Å². The van der Waals surface area contributed by atoms with E-state index in [9.17, 15) is 19.8 Å². The van der Waals surface area contributed by atoms with Gasteiger partial charge in [-0.1, -0.05) is 6.58 Å². The highest BCUT2D eigenvalue weighted by Crippen LogP contribution is 2.63. The number of hydrogen-bond acceptors (Lipinski definition) is 4. The second-order valence-corrected chi connectivity index (χ2v) is 6.12. The van der Waals surface area contributed by atoms with Crippen molar-refractivity contribution in [2.75, 3.05) is 0 Å². The average Bonchev–Trinajstić information content (AvgIpc) is 2.91. The topological polar surface area (TPSA) is 83.8 Å². The minimum Gasteiger partial charge on any atom is -0.481 e. The largest absolute Gasteiger partial charge is 0.481 e. The summed E-state index contributed by atoms with van der Waals surface area (Å²) in [6.07, 6.45) is 0.347. The minimum absolute atomic E-state index is 0.115. The van der Waals surface area contributed by atoms with E-state index in [0.717, 1.165) is 6.42 Å². The number of carbonyl (C=O) groups excluding carboxylic acids is 1. The Morgan fingerprint density at radius 2 is 1.89 bits per heavy atom. The Bertz CT molecular complexity index is 457. The van der Waals surface area contributed by atoms with Crippen LogP contribution in [-0.4, -0.2) is 34.4 Å². The van der Waals surface area contributed by atoms with E-state index < -0.39 is 24.0 Å². The summed E-state index contributed by atoms with van der Waals surface area (Å²) in [4.78, 5) is 23.1. The van der Waals surface area contributed by atoms with E-state index in [1.807, 2.05) is 0 Å². The third-order valence-corrected chi connectivity index (χ3v) is 5.14. The highest BCUT2D eigenvalue weighted by atomic mass is 16.5. The number of aliphatic hydroxyl groups is 1. The zero-order valence-electron chi connectivity index (χ0n) is 10.8. The molecule has 0 aromatic heterocycles. The van der Waals surface area contributed by atoms with Crippen molar-refractivity contribution < 1.29 is 24.5 Å². The van der Waals surface area contributed by atoms with E-state index in [1.54, 1.807) is 6.92 Å². The molecule has 0 aliphatic heterocycles. The van der Waals surface area contributed by atoms with Crippen molar-refractivity contribution in [1.82, 2.24) is 0 Å². The fourth-order valence-electron chi connectivity index (χ4n) is 4.55. The fourth-order valence-corrected chi connectivity index (χ4v) is 4.55. The molecular weight excluding hydrogens is 248 g/mol. The molecule has 2 bridgehead atoms. The van der Waals surface area contributed by atoms with E-state index in [2.05, 4.69) is 6.58 Å². The van der Waals surface area contributed by atoms with E-state index in [-0.39, 0.29) is 29.8 Å². The Kier molecular flexibility index (Phi) is 2.71. The Labute approximate surface area is 111 Å². The highest BCUT2D eigenvalue weighted by molar-refractivity contribution is 5.87. The van der Waals surface area contributed by atoms with Crippen molar-refractivity contribution in [3.63, 3.8) is 0 Å². The maximum atomic E-state index is 11.7. The summed E-state index contributed by atoms with van der Waals surface area (Å²) in [5.41, 5.74) is 0.324. The number of rotatable bonds is 3. The number of ether oxygens (including phenoxy) is 1. The van der Waals surface area contributed by atoms with Gasteiger partial charge in [0.05, 0.1) is 12.0 Å². The molecular formula is C14H18O5. The van der Waals surface area contributed by atoms with Gasteiger partial charge >= 0.3 is 11.9 Å². The summed E-state index contributed by atoms with van der Waals surface area (Å²) in [5.74, 6) is -1.94. The molecule has 5 heteroatoms. The summed E-state index contributed by atoms with van der Waals surface area (Å²) in [7, 11) is 0. The molecule has 3 fully saturated rings. The number of carbonyl (C=O) groups is 2. The molecule has 0 saturated heterocycles. The van der Waals surface area contributed by atoms with Crippen molar-refractivity contribution in [3.05, 3.63) is 12.2 Å². The Morgan fingerprint density at radius 3 is 2.47 bits per heavy atom. The third kappa shape index (κ3) is 1.64. The average molecular weight is 266 g/mol. The number of carboxylic acid groups (broad SMARTS) is 1. The van der Waals surface area contributed by atoms with Crippen LogP contribution >= 0.6 is 0 Å². The van der Waals surface area contributed by atoms with Crippen LogP contribution in [0.2, 0.25) is 0 Å². The van der Waals surface area contributed by atoms with E-state index in [0.29, 0.717) is 12.0 Å². The molecule has 0 aromatic rings. The smallest absolute Gasteiger partial charge is 0.333 e. The SMILES string of the molecule is C=C(C)C(=O)OC1C2CC(O)C3C2CC1C3C(=O)O. The molecule has 2 N–H and O–H groups in total. The number of aliphatic hydroxyl groups excluding tert-OH is 1. The predicted molar refractivity (Wildman–Crippen MR) is 65.0 cm³/mol. The van der Waals surface area contributed by atoms with Crippen LogP contribution in [0.4, 0.5) is 0 Å². The van der Waals surface area contributed by atoms with Gasteiger partial charge in [0.25, 0.3) is 0 Å². The highest BCUT2D eigenvalue weighted by Gasteiger charge is 2.67. The molecule has 0 aromatic carbocycles. The molecule has 3 saturated carbocycles. The van der Waals surface area contributed by atoms with Crippen LogP contribution in [0.15, 0.2) is 12.2 Å². The number of hydrogen-bond donors (Lipinski definition) is 2. The quantitative estimate of drug-likeness (QED) is 0.583. The van der Waals surface area contributed by atoms with Gasteiger partial charge in [-0.15, -0.1) is 0 Å². The first-order valence-corrected chi connectivity index (χ1v) is 6.69. The third-order valence-electron chi connectivity index (χ3n) is 5.14. The van der Waals surface area contributed by atoms with Crippen molar-refractivity contribution in [3.8, 4) is 0 Å². The maximum Gasteiger partial charge on any atom is 0.333 e. The lowest BCUT2D eigenvalue weighted by Crippen LogP contribution is -2.41. The summed E-state index contributed by atoms with van der Waals surface area (Å²) in [5, 5.41) is 19.4. The molecule has 0 amide bonds. The molecule has 3 aliphatic rings. The second-order valence-electron chi connectivity index (χ2n) is 6.12. The standard InChI is InChI=1S/C14H18O5/c1-5(2)14(18)19-12-7-4-9(15)10-6(7)3-8(12)11(10)13(16)17/h6-12,15H,1,3-4H2,2H3,(H,16,17). The number of aliphatic carboxylic acids is 1. The van der Waals surface area contributed by atoms with Crippen LogP contribution in [0.3, 0.4) is 0 Å². The van der Waals surface area contributed by atoms with E-state index >= 15 is 0 Å². The van der Waals surface area contributed by atoms with Gasteiger partial charge in [0.2, 0.25) is 0 Å². The monoisotopic (exact) mass is 266 g/mol. The molecule has 19 heavy (non-hydrogen) atoms. The number of fused-ring (bicyclic) bond motifs is 1. The number of carboxylic acids is 1. The Hall–Kier alpha value is -1.36. The zero-order valence-corrected chi connectivity index (χ0v) is 10.8. The predicted octanol–water partition coefficient (Wildman–Crippen LogP) is 0.822. The van der Waals surface area contributed by atoms with Crippen LogP contribution < -0.4 is 0 Å². The lowest BCUT2D eigenvalue weighted by atomic mass is 9.78. The number of esters is 1. The molecule has 7 atom stereocenters. The summed E-state index contributed by atoms with van der Waals surface area (Å²) >= 11 is 0.